The number of rotatable bonds is 6. The SMILES string of the molecule is NCc1ccc(C(=O)NCCOc2ccccc2)nc1. The Balaban J connectivity index is 1.74. The number of benzene rings is 1. The van der Waals surface area contributed by atoms with Gasteiger partial charge in [0.25, 0.3) is 5.91 Å². The summed E-state index contributed by atoms with van der Waals surface area (Å²) in [5.74, 6) is 0.567. The van der Waals surface area contributed by atoms with Gasteiger partial charge in [0.1, 0.15) is 18.1 Å². The molecule has 20 heavy (non-hydrogen) atoms. The van der Waals surface area contributed by atoms with E-state index in [1.165, 1.54) is 0 Å². The summed E-state index contributed by atoms with van der Waals surface area (Å²) in [7, 11) is 0. The quantitative estimate of drug-likeness (QED) is 0.777. The van der Waals surface area contributed by atoms with Crippen LogP contribution in [0.2, 0.25) is 0 Å². The standard InChI is InChI=1S/C15H17N3O2/c16-10-12-6-7-14(18-11-12)15(19)17-8-9-20-13-4-2-1-3-5-13/h1-7,11H,8-10,16H2,(H,17,19). The number of hydrogen-bond donors (Lipinski definition) is 2. The van der Waals surface area contributed by atoms with Crippen molar-refractivity contribution < 1.29 is 9.53 Å². The Hall–Kier alpha value is -2.40. The molecule has 1 aromatic heterocycles. The maximum absolute atomic E-state index is 11.8. The zero-order valence-electron chi connectivity index (χ0n) is 11.1. The molecule has 0 bridgehead atoms. The van der Waals surface area contributed by atoms with Crippen molar-refractivity contribution in [1.82, 2.24) is 10.3 Å². The lowest BCUT2D eigenvalue weighted by Gasteiger charge is -2.07. The van der Waals surface area contributed by atoms with Crippen LogP contribution in [-0.4, -0.2) is 24.0 Å². The van der Waals surface area contributed by atoms with E-state index in [1.54, 1.807) is 18.3 Å². The van der Waals surface area contributed by atoms with Crippen molar-refractivity contribution in [1.29, 1.82) is 0 Å². The summed E-state index contributed by atoms with van der Waals surface area (Å²) >= 11 is 0. The molecule has 0 aliphatic carbocycles. The number of nitrogens with two attached hydrogens (primary N) is 1. The number of carbonyl (C=O) groups excluding carboxylic acids is 1. The van der Waals surface area contributed by atoms with E-state index in [0.717, 1.165) is 11.3 Å². The fraction of sp³-hybridized carbons (Fsp3) is 0.200. The van der Waals surface area contributed by atoms with Crippen LogP contribution in [-0.2, 0) is 6.54 Å². The van der Waals surface area contributed by atoms with E-state index < -0.39 is 0 Å². The number of carbonyl (C=O) groups is 1. The van der Waals surface area contributed by atoms with E-state index in [-0.39, 0.29) is 5.91 Å². The highest BCUT2D eigenvalue weighted by Crippen LogP contribution is 2.07. The molecule has 0 aliphatic rings. The van der Waals surface area contributed by atoms with Crippen molar-refractivity contribution >= 4 is 5.91 Å². The Bertz CT molecular complexity index is 541. The molecule has 5 heteroatoms. The molecule has 0 aliphatic heterocycles. The van der Waals surface area contributed by atoms with Crippen LogP contribution in [0.1, 0.15) is 16.1 Å². The highest BCUT2D eigenvalue weighted by atomic mass is 16.5. The van der Waals surface area contributed by atoms with Crippen molar-refractivity contribution in [3.8, 4) is 5.75 Å². The van der Waals surface area contributed by atoms with Crippen LogP contribution in [0.25, 0.3) is 0 Å². The summed E-state index contributed by atoms with van der Waals surface area (Å²) in [6.07, 6.45) is 1.61. The Kier molecular flexibility index (Phi) is 5.08. The minimum Gasteiger partial charge on any atom is -0.492 e. The molecule has 0 unspecified atom stereocenters. The third-order valence-electron chi connectivity index (χ3n) is 2.69. The topological polar surface area (TPSA) is 77.2 Å². The van der Waals surface area contributed by atoms with Gasteiger partial charge in [-0.15, -0.1) is 0 Å². The number of nitrogens with zero attached hydrogens (tertiary/aromatic N) is 1. The molecule has 0 atom stereocenters. The zero-order chi connectivity index (χ0) is 14.2. The van der Waals surface area contributed by atoms with Crippen molar-refractivity contribution in [2.75, 3.05) is 13.2 Å². The number of pyridine rings is 1. The Labute approximate surface area is 117 Å². The number of amides is 1. The molecule has 2 aromatic rings. The first-order valence-electron chi connectivity index (χ1n) is 6.40. The van der Waals surface area contributed by atoms with Gasteiger partial charge in [-0.3, -0.25) is 9.78 Å². The Morgan fingerprint density at radius 3 is 2.65 bits per heavy atom. The molecule has 1 heterocycles. The van der Waals surface area contributed by atoms with Crippen LogP contribution in [0.3, 0.4) is 0 Å². The van der Waals surface area contributed by atoms with Gasteiger partial charge in [0.15, 0.2) is 0 Å². The second-order valence-electron chi connectivity index (χ2n) is 4.17. The molecule has 0 fully saturated rings. The van der Waals surface area contributed by atoms with Crippen LogP contribution in [0, 0.1) is 0 Å². The van der Waals surface area contributed by atoms with E-state index in [9.17, 15) is 4.79 Å². The van der Waals surface area contributed by atoms with Crippen LogP contribution < -0.4 is 15.8 Å². The normalized spacial score (nSPS) is 10.1. The molecule has 1 aromatic carbocycles. The molecule has 104 valence electrons. The first-order valence-corrected chi connectivity index (χ1v) is 6.40. The fourth-order valence-electron chi connectivity index (χ4n) is 1.62. The lowest BCUT2D eigenvalue weighted by molar-refractivity contribution is 0.0942. The monoisotopic (exact) mass is 271 g/mol. The molecular weight excluding hydrogens is 254 g/mol. The first-order chi connectivity index (χ1) is 9.79. The average molecular weight is 271 g/mol. The third-order valence-corrected chi connectivity index (χ3v) is 2.69. The van der Waals surface area contributed by atoms with E-state index in [2.05, 4.69) is 10.3 Å². The molecule has 0 spiro atoms. The van der Waals surface area contributed by atoms with Crippen molar-refractivity contribution in [3.05, 3.63) is 59.9 Å². The van der Waals surface area contributed by atoms with Gasteiger partial charge in [0.2, 0.25) is 0 Å². The van der Waals surface area contributed by atoms with Crippen molar-refractivity contribution in [2.24, 2.45) is 5.73 Å². The zero-order valence-corrected chi connectivity index (χ0v) is 11.1. The highest BCUT2D eigenvalue weighted by molar-refractivity contribution is 5.92. The highest BCUT2D eigenvalue weighted by Gasteiger charge is 2.05. The summed E-state index contributed by atoms with van der Waals surface area (Å²) in [6, 6.07) is 12.9. The van der Waals surface area contributed by atoms with Gasteiger partial charge in [0, 0.05) is 12.7 Å². The molecule has 0 saturated carbocycles. The minimum atomic E-state index is -0.217. The molecule has 3 N–H and O–H groups in total. The number of para-hydroxylation sites is 1. The maximum Gasteiger partial charge on any atom is 0.269 e. The summed E-state index contributed by atoms with van der Waals surface area (Å²) in [6.45, 7) is 1.25. The van der Waals surface area contributed by atoms with E-state index in [0.29, 0.717) is 25.4 Å². The Morgan fingerprint density at radius 2 is 2.00 bits per heavy atom. The summed E-state index contributed by atoms with van der Waals surface area (Å²) < 4.78 is 5.48. The van der Waals surface area contributed by atoms with Crippen LogP contribution in [0.5, 0.6) is 5.75 Å². The number of ether oxygens (including phenoxy) is 1. The van der Waals surface area contributed by atoms with Crippen LogP contribution in [0.4, 0.5) is 0 Å². The Morgan fingerprint density at radius 1 is 1.20 bits per heavy atom. The number of hydrogen-bond acceptors (Lipinski definition) is 4. The second-order valence-corrected chi connectivity index (χ2v) is 4.17. The van der Waals surface area contributed by atoms with Crippen molar-refractivity contribution in [2.45, 2.75) is 6.54 Å². The minimum absolute atomic E-state index is 0.217. The number of aromatic nitrogens is 1. The van der Waals surface area contributed by atoms with Gasteiger partial charge in [-0.05, 0) is 23.8 Å². The maximum atomic E-state index is 11.8. The molecule has 2 rings (SSSR count). The average Bonchev–Trinajstić information content (AvgIpc) is 2.52. The lowest BCUT2D eigenvalue weighted by Crippen LogP contribution is -2.28. The van der Waals surface area contributed by atoms with Gasteiger partial charge in [-0.1, -0.05) is 24.3 Å². The molecule has 5 nitrogen and oxygen atoms in total. The van der Waals surface area contributed by atoms with E-state index in [1.807, 2.05) is 30.3 Å². The van der Waals surface area contributed by atoms with Gasteiger partial charge < -0.3 is 15.8 Å². The van der Waals surface area contributed by atoms with E-state index >= 15 is 0 Å². The van der Waals surface area contributed by atoms with Gasteiger partial charge >= 0.3 is 0 Å². The predicted molar refractivity (Wildman–Crippen MR) is 76.4 cm³/mol. The molecule has 0 radical (unpaired) electrons. The van der Waals surface area contributed by atoms with Gasteiger partial charge in [-0.25, -0.2) is 0 Å². The largest absolute Gasteiger partial charge is 0.492 e. The third kappa shape index (κ3) is 4.07. The molecule has 0 saturated heterocycles. The smallest absolute Gasteiger partial charge is 0.269 e. The number of nitrogens with one attached hydrogen (secondary N) is 1. The molecule has 1 amide bonds. The van der Waals surface area contributed by atoms with E-state index in [4.69, 9.17) is 10.5 Å². The predicted octanol–water partition coefficient (Wildman–Crippen LogP) is 1.35. The van der Waals surface area contributed by atoms with Crippen LogP contribution in [0.15, 0.2) is 48.7 Å². The first kappa shape index (κ1) is 14.0. The fourth-order valence-corrected chi connectivity index (χ4v) is 1.62. The second kappa shape index (κ2) is 7.25. The van der Waals surface area contributed by atoms with Gasteiger partial charge in [-0.2, -0.15) is 0 Å². The summed E-state index contributed by atoms with van der Waals surface area (Å²) in [5.41, 5.74) is 6.75. The lowest BCUT2D eigenvalue weighted by atomic mass is 10.2. The van der Waals surface area contributed by atoms with Crippen molar-refractivity contribution in [3.63, 3.8) is 0 Å². The summed E-state index contributed by atoms with van der Waals surface area (Å²) in [5, 5.41) is 2.75. The molecular formula is C15H17N3O2. The summed E-state index contributed by atoms with van der Waals surface area (Å²) in [4.78, 5) is 15.8. The van der Waals surface area contributed by atoms with Crippen LogP contribution >= 0.6 is 0 Å². The van der Waals surface area contributed by atoms with Gasteiger partial charge in [0.05, 0.1) is 6.54 Å².